The Kier molecular flexibility index (Phi) is 15.2. The minimum Gasteiger partial charge on any atom is -0.317 e. The van der Waals surface area contributed by atoms with Crippen LogP contribution in [0.25, 0.3) is 0 Å². The Balaban J connectivity index is 0. The van der Waals surface area contributed by atoms with E-state index < -0.39 is 0 Å². The first-order valence-electron chi connectivity index (χ1n) is 2.12. The van der Waals surface area contributed by atoms with Crippen molar-refractivity contribution in [1.29, 1.82) is 0 Å². The van der Waals surface area contributed by atoms with Gasteiger partial charge in [-0.25, -0.2) is 0 Å². The van der Waals surface area contributed by atoms with Crippen molar-refractivity contribution in [2.24, 2.45) is 0 Å². The van der Waals surface area contributed by atoms with Gasteiger partial charge in [0.1, 0.15) is 0 Å². The van der Waals surface area contributed by atoms with E-state index in [4.69, 9.17) is 0 Å². The standard InChI is InChI=1S/C4H11N.Mg.2H/c1-3-5-4-2;;;/h5H,3-4H2,1-2H3;;;. The summed E-state index contributed by atoms with van der Waals surface area (Å²) >= 11 is 0. The molecular formula is C4H13MgN. The monoisotopic (exact) mass is 99.1 g/mol. The molecule has 0 saturated heterocycles. The molecule has 0 aliphatic rings. The minimum atomic E-state index is 0. The third-order valence-electron chi connectivity index (χ3n) is 0.500. The molecule has 1 nitrogen and oxygen atoms in total. The van der Waals surface area contributed by atoms with Crippen molar-refractivity contribution in [2.45, 2.75) is 13.8 Å². The summed E-state index contributed by atoms with van der Waals surface area (Å²) in [5, 5.41) is 3.11. The maximum absolute atomic E-state index is 3.11. The molecule has 0 aliphatic heterocycles. The lowest BCUT2D eigenvalue weighted by molar-refractivity contribution is 0.762. The second-order valence-corrected chi connectivity index (χ2v) is 0.957. The van der Waals surface area contributed by atoms with Gasteiger partial charge in [0.05, 0.1) is 0 Å². The highest BCUT2D eigenvalue weighted by Crippen LogP contribution is 1.47. The molecule has 0 fully saturated rings. The molecule has 0 rings (SSSR count). The van der Waals surface area contributed by atoms with Crippen molar-refractivity contribution in [3.63, 3.8) is 0 Å². The molecule has 0 atom stereocenters. The van der Waals surface area contributed by atoms with Gasteiger partial charge in [0.2, 0.25) is 0 Å². The second-order valence-electron chi connectivity index (χ2n) is 0.957. The predicted molar refractivity (Wildman–Crippen MR) is 32.8 cm³/mol. The topological polar surface area (TPSA) is 12.0 Å². The van der Waals surface area contributed by atoms with E-state index in [2.05, 4.69) is 19.2 Å². The number of hydrogen-bond acceptors (Lipinski definition) is 1. The first-order chi connectivity index (χ1) is 2.41. The van der Waals surface area contributed by atoms with Crippen molar-refractivity contribution in [3.8, 4) is 0 Å². The van der Waals surface area contributed by atoms with E-state index in [1.807, 2.05) is 0 Å². The lowest BCUT2D eigenvalue weighted by Crippen LogP contribution is -2.09. The average Bonchev–Trinajstić information content (AvgIpc) is 1.41. The quantitative estimate of drug-likeness (QED) is 0.469. The van der Waals surface area contributed by atoms with Gasteiger partial charge in [-0.15, -0.1) is 0 Å². The van der Waals surface area contributed by atoms with E-state index in [9.17, 15) is 0 Å². The molecule has 0 aromatic carbocycles. The first kappa shape index (κ1) is 9.87. The summed E-state index contributed by atoms with van der Waals surface area (Å²) in [7, 11) is 0. The zero-order valence-corrected chi connectivity index (χ0v) is 3.91. The molecule has 6 heavy (non-hydrogen) atoms. The normalized spacial score (nSPS) is 7.00. The SMILES string of the molecule is CCNCC.[MgH2]. The van der Waals surface area contributed by atoms with Crippen LogP contribution in [0.1, 0.15) is 13.8 Å². The molecule has 0 saturated carbocycles. The maximum Gasteiger partial charge on any atom is 0.316 e. The minimum absolute atomic E-state index is 0. The molecule has 0 unspecified atom stereocenters. The van der Waals surface area contributed by atoms with E-state index in [1.165, 1.54) is 0 Å². The zero-order chi connectivity index (χ0) is 4.12. The number of hydrogen-bond donors (Lipinski definition) is 1. The number of nitrogens with one attached hydrogen (secondary N) is 1. The lowest BCUT2D eigenvalue weighted by atomic mass is 10.7. The van der Waals surface area contributed by atoms with E-state index in [0.29, 0.717) is 0 Å². The van der Waals surface area contributed by atoms with Crippen LogP contribution in [-0.2, 0) is 0 Å². The average molecular weight is 99.5 g/mol. The Morgan fingerprint density at radius 3 is 1.50 bits per heavy atom. The van der Waals surface area contributed by atoms with Gasteiger partial charge in [0.15, 0.2) is 0 Å². The molecule has 0 aliphatic carbocycles. The van der Waals surface area contributed by atoms with Crippen LogP contribution < -0.4 is 5.32 Å². The Bertz CT molecular complexity index is 15.0. The van der Waals surface area contributed by atoms with Crippen LogP contribution >= 0.6 is 0 Å². The second kappa shape index (κ2) is 9.21. The van der Waals surface area contributed by atoms with Gasteiger partial charge in [-0.2, -0.15) is 0 Å². The summed E-state index contributed by atoms with van der Waals surface area (Å²) in [5.74, 6) is 0. The van der Waals surface area contributed by atoms with E-state index in [1.54, 1.807) is 0 Å². The van der Waals surface area contributed by atoms with Gasteiger partial charge >= 0.3 is 23.1 Å². The van der Waals surface area contributed by atoms with Gasteiger partial charge < -0.3 is 5.32 Å². The molecule has 0 spiro atoms. The highest BCUT2D eigenvalue weighted by atomic mass is 24.3. The van der Waals surface area contributed by atoms with Crippen molar-refractivity contribution in [1.82, 2.24) is 5.32 Å². The molecule has 2 heteroatoms. The Hall–Kier alpha value is 0.726. The van der Waals surface area contributed by atoms with Crippen LogP contribution in [0, 0.1) is 0 Å². The summed E-state index contributed by atoms with van der Waals surface area (Å²) in [6, 6.07) is 0. The number of rotatable bonds is 2. The Morgan fingerprint density at radius 2 is 1.50 bits per heavy atom. The van der Waals surface area contributed by atoms with Crippen LogP contribution in [0.2, 0.25) is 0 Å². The highest BCUT2D eigenvalue weighted by molar-refractivity contribution is 5.75. The molecule has 1 N–H and O–H groups in total. The largest absolute Gasteiger partial charge is 0.317 e. The van der Waals surface area contributed by atoms with Gasteiger partial charge in [-0.3, -0.25) is 0 Å². The van der Waals surface area contributed by atoms with Crippen molar-refractivity contribution in [2.75, 3.05) is 13.1 Å². The summed E-state index contributed by atoms with van der Waals surface area (Å²) in [4.78, 5) is 0. The molecule has 0 aromatic heterocycles. The zero-order valence-electron chi connectivity index (χ0n) is 3.91. The fraction of sp³-hybridized carbons (Fsp3) is 1.00. The highest BCUT2D eigenvalue weighted by Gasteiger charge is 1.62. The molecule has 0 amide bonds. The summed E-state index contributed by atoms with van der Waals surface area (Å²) in [6.45, 7) is 6.39. The van der Waals surface area contributed by atoms with Crippen LogP contribution in [0.5, 0.6) is 0 Å². The third kappa shape index (κ3) is 8.83. The molecule has 0 bridgehead atoms. The Morgan fingerprint density at radius 1 is 1.17 bits per heavy atom. The molecule has 0 heterocycles. The molecule has 0 aromatic rings. The van der Waals surface area contributed by atoms with Crippen LogP contribution in [-0.4, -0.2) is 36.1 Å². The lowest BCUT2D eigenvalue weighted by Gasteiger charge is -1.86. The van der Waals surface area contributed by atoms with Gasteiger partial charge in [-0.1, -0.05) is 13.8 Å². The van der Waals surface area contributed by atoms with Crippen molar-refractivity contribution >= 4 is 23.1 Å². The van der Waals surface area contributed by atoms with Crippen LogP contribution in [0.15, 0.2) is 0 Å². The molecule has 0 radical (unpaired) electrons. The van der Waals surface area contributed by atoms with Gasteiger partial charge in [0.25, 0.3) is 0 Å². The fourth-order valence-electron chi connectivity index (χ4n) is 0.250. The predicted octanol–water partition coefficient (Wildman–Crippen LogP) is -0.300. The van der Waals surface area contributed by atoms with Gasteiger partial charge in [-0.05, 0) is 13.1 Å². The van der Waals surface area contributed by atoms with E-state index in [-0.39, 0.29) is 23.1 Å². The smallest absolute Gasteiger partial charge is 0.316 e. The fourth-order valence-corrected chi connectivity index (χ4v) is 0.250. The maximum atomic E-state index is 3.11. The molecule has 36 valence electrons. The Labute approximate surface area is 55.7 Å². The first-order valence-corrected chi connectivity index (χ1v) is 2.12. The third-order valence-corrected chi connectivity index (χ3v) is 0.500. The van der Waals surface area contributed by atoms with Crippen LogP contribution in [0.3, 0.4) is 0 Å². The van der Waals surface area contributed by atoms with Crippen molar-refractivity contribution in [3.05, 3.63) is 0 Å². The summed E-state index contributed by atoms with van der Waals surface area (Å²) < 4.78 is 0. The van der Waals surface area contributed by atoms with Crippen molar-refractivity contribution < 1.29 is 0 Å². The van der Waals surface area contributed by atoms with E-state index >= 15 is 0 Å². The molecular weight excluding hydrogens is 86.4 g/mol. The summed E-state index contributed by atoms with van der Waals surface area (Å²) in [6.07, 6.45) is 0. The van der Waals surface area contributed by atoms with E-state index in [0.717, 1.165) is 13.1 Å². The van der Waals surface area contributed by atoms with Crippen LogP contribution in [0.4, 0.5) is 0 Å². The summed E-state index contributed by atoms with van der Waals surface area (Å²) in [5.41, 5.74) is 0. The van der Waals surface area contributed by atoms with Gasteiger partial charge in [0, 0.05) is 0 Å².